The van der Waals surface area contributed by atoms with Crippen LogP contribution in [0.4, 0.5) is 0 Å². The molecule has 1 aromatic heterocycles. The van der Waals surface area contributed by atoms with Crippen LogP contribution in [0.25, 0.3) is 0 Å². The van der Waals surface area contributed by atoms with E-state index >= 15 is 0 Å². The Morgan fingerprint density at radius 3 is 2.62 bits per heavy atom. The number of benzene rings is 1. The molecule has 0 fully saturated rings. The summed E-state index contributed by atoms with van der Waals surface area (Å²) >= 11 is 0. The summed E-state index contributed by atoms with van der Waals surface area (Å²) in [4.78, 5) is 23.6. The Balaban J connectivity index is 2.06. The average Bonchev–Trinajstić information content (AvgIpc) is 2.46. The smallest absolute Gasteiger partial charge is 0.287 e. The molecule has 110 valence electrons. The van der Waals surface area contributed by atoms with Gasteiger partial charge in [0.25, 0.3) is 5.91 Å². The second-order valence-electron chi connectivity index (χ2n) is 4.88. The molecule has 0 aliphatic heterocycles. The number of hydrogen-bond donors (Lipinski definition) is 1. The van der Waals surface area contributed by atoms with Crippen LogP contribution in [0.2, 0.25) is 0 Å². The lowest BCUT2D eigenvalue weighted by Crippen LogP contribution is -2.30. The zero-order valence-electron chi connectivity index (χ0n) is 12.0. The normalized spacial score (nSPS) is 10.4. The maximum atomic E-state index is 11.9. The minimum absolute atomic E-state index is 0.0271. The molecule has 1 aromatic carbocycles. The van der Waals surface area contributed by atoms with Crippen LogP contribution in [0.1, 0.15) is 30.0 Å². The minimum atomic E-state index is -0.420. The number of carbonyl (C=O) groups excluding carboxylic acids is 1. The first kappa shape index (κ1) is 14.8. The topological polar surface area (TPSA) is 68.5 Å². The van der Waals surface area contributed by atoms with Crippen molar-refractivity contribution >= 4 is 5.91 Å². The summed E-state index contributed by atoms with van der Waals surface area (Å²) in [7, 11) is 0. The van der Waals surface area contributed by atoms with Gasteiger partial charge in [0.15, 0.2) is 5.76 Å². The van der Waals surface area contributed by atoms with Gasteiger partial charge in [-0.3, -0.25) is 9.59 Å². The van der Waals surface area contributed by atoms with E-state index in [4.69, 9.17) is 9.15 Å². The molecular weight excluding hydrogens is 270 g/mol. The second kappa shape index (κ2) is 6.74. The maximum absolute atomic E-state index is 11.9. The van der Waals surface area contributed by atoms with E-state index in [0.29, 0.717) is 0 Å². The molecule has 1 amide bonds. The van der Waals surface area contributed by atoms with Crippen molar-refractivity contribution in [2.24, 2.45) is 0 Å². The molecule has 0 aliphatic carbocycles. The van der Waals surface area contributed by atoms with Crippen molar-refractivity contribution in [3.63, 3.8) is 0 Å². The largest absolute Gasteiger partial charge is 0.482 e. The summed E-state index contributed by atoms with van der Waals surface area (Å²) < 4.78 is 10.6. The van der Waals surface area contributed by atoms with Gasteiger partial charge in [0.1, 0.15) is 12.9 Å². The van der Waals surface area contributed by atoms with Gasteiger partial charge in [0.05, 0.1) is 0 Å². The van der Waals surface area contributed by atoms with Crippen LogP contribution in [0.5, 0.6) is 5.75 Å². The summed E-state index contributed by atoms with van der Waals surface area (Å²) in [5.41, 5.74) is 0.560. The summed E-state index contributed by atoms with van der Waals surface area (Å²) in [6.45, 7) is 3.92. The minimum Gasteiger partial charge on any atom is -0.482 e. The molecule has 1 N–H and O–H groups in total. The fraction of sp³-hybridized carbons (Fsp3) is 0.250. The molecule has 2 aromatic rings. The van der Waals surface area contributed by atoms with Gasteiger partial charge in [-0.1, -0.05) is 30.3 Å². The molecule has 0 saturated carbocycles. The van der Waals surface area contributed by atoms with Crippen molar-refractivity contribution in [2.75, 3.05) is 0 Å². The van der Waals surface area contributed by atoms with Crippen LogP contribution < -0.4 is 15.5 Å². The molecular formula is C16H17NO4. The summed E-state index contributed by atoms with van der Waals surface area (Å²) in [5.74, 6) is -0.363. The van der Waals surface area contributed by atoms with Crippen molar-refractivity contribution in [2.45, 2.75) is 26.5 Å². The predicted molar refractivity (Wildman–Crippen MR) is 78.4 cm³/mol. The van der Waals surface area contributed by atoms with Gasteiger partial charge in [-0.05, 0) is 19.4 Å². The number of hydrogen-bond acceptors (Lipinski definition) is 4. The van der Waals surface area contributed by atoms with Crippen molar-refractivity contribution in [3.05, 3.63) is 64.2 Å². The summed E-state index contributed by atoms with van der Waals surface area (Å²) in [6, 6.07) is 10.6. The van der Waals surface area contributed by atoms with Crippen LogP contribution in [0.15, 0.2) is 51.9 Å². The quantitative estimate of drug-likeness (QED) is 0.916. The SMILES string of the molecule is CC(C)NC(=O)c1cc(=O)c(OCc2ccccc2)co1. The Bertz CT molecular complexity index is 661. The maximum Gasteiger partial charge on any atom is 0.287 e. The highest BCUT2D eigenvalue weighted by atomic mass is 16.5. The standard InChI is InChI=1S/C16H17NO4/c1-11(2)17-16(19)14-8-13(18)15(10-21-14)20-9-12-6-4-3-5-7-12/h3-8,10-11H,9H2,1-2H3,(H,17,19). The Morgan fingerprint density at radius 2 is 2.00 bits per heavy atom. The van der Waals surface area contributed by atoms with Crippen molar-refractivity contribution in [1.29, 1.82) is 0 Å². The Morgan fingerprint density at radius 1 is 1.29 bits per heavy atom. The van der Waals surface area contributed by atoms with Gasteiger partial charge in [0.2, 0.25) is 11.2 Å². The highest BCUT2D eigenvalue weighted by Crippen LogP contribution is 2.09. The third-order valence-electron chi connectivity index (χ3n) is 2.68. The van der Waals surface area contributed by atoms with Crippen LogP contribution in [0.3, 0.4) is 0 Å². The zero-order chi connectivity index (χ0) is 15.2. The molecule has 0 radical (unpaired) electrons. The fourth-order valence-electron chi connectivity index (χ4n) is 1.69. The molecule has 0 spiro atoms. The van der Waals surface area contributed by atoms with Crippen LogP contribution >= 0.6 is 0 Å². The van der Waals surface area contributed by atoms with E-state index in [2.05, 4.69) is 5.32 Å². The monoisotopic (exact) mass is 287 g/mol. The van der Waals surface area contributed by atoms with E-state index in [9.17, 15) is 9.59 Å². The number of amides is 1. The van der Waals surface area contributed by atoms with E-state index in [-0.39, 0.29) is 29.6 Å². The number of nitrogens with one attached hydrogen (secondary N) is 1. The van der Waals surface area contributed by atoms with Crippen molar-refractivity contribution < 1.29 is 13.9 Å². The highest BCUT2D eigenvalue weighted by Gasteiger charge is 2.12. The molecule has 0 aliphatic rings. The first-order chi connectivity index (χ1) is 10.1. The second-order valence-corrected chi connectivity index (χ2v) is 4.88. The van der Waals surface area contributed by atoms with E-state index in [1.165, 1.54) is 6.26 Å². The first-order valence-electron chi connectivity index (χ1n) is 6.66. The molecule has 21 heavy (non-hydrogen) atoms. The Kier molecular flexibility index (Phi) is 4.77. The molecule has 5 nitrogen and oxygen atoms in total. The molecule has 0 saturated heterocycles. The molecule has 0 atom stereocenters. The van der Waals surface area contributed by atoms with Gasteiger partial charge in [-0.2, -0.15) is 0 Å². The first-order valence-corrected chi connectivity index (χ1v) is 6.66. The summed E-state index contributed by atoms with van der Waals surface area (Å²) in [5, 5.41) is 2.65. The average molecular weight is 287 g/mol. The molecule has 5 heteroatoms. The number of carbonyl (C=O) groups is 1. The van der Waals surface area contributed by atoms with E-state index in [1.54, 1.807) is 0 Å². The van der Waals surface area contributed by atoms with Crippen LogP contribution in [-0.2, 0) is 6.61 Å². The van der Waals surface area contributed by atoms with Crippen molar-refractivity contribution in [3.8, 4) is 5.75 Å². The van der Waals surface area contributed by atoms with E-state index in [0.717, 1.165) is 11.6 Å². The zero-order valence-corrected chi connectivity index (χ0v) is 12.0. The van der Waals surface area contributed by atoms with Crippen molar-refractivity contribution in [1.82, 2.24) is 5.32 Å². The lowest BCUT2D eigenvalue weighted by atomic mass is 10.2. The van der Waals surface area contributed by atoms with Gasteiger partial charge < -0.3 is 14.5 Å². The Hall–Kier alpha value is -2.56. The van der Waals surface area contributed by atoms with Crippen LogP contribution in [0, 0.1) is 0 Å². The molecule has 0 bridgehead atoms. The molecule has 0 unspecified atom stereocenters. The van der Waals surface area contributed by atoms with Gasteiger partial charge in [-0.25, -0.2) is 0 Å². The summed E-state index contributed by atoms with van der Waals surface area (Å²) in [6.07, 6.45) is 1.17. The number of ether oxygens (including phenoxy) is 1. The lowest BCUT2D eigenvalue weighted by molar-refractivity contribution is 0.0911. The number of rotatable bonds is 5. The van der Waals surface area contributed by atoms with E-state index < -0.39 is 5.91 Å². The Labute approximate surface area is 122 Å². The van der Waals surface area contributed by atoms with E-state index in [1.807, 2.05) is 44.2 Å². The third kappa shape index (κ3) is 4.21. The fourth-order valence-corrected chi connectivity index (χ4v) is 1.69. The lowest BCUT2D eigenvalue weighted by Gasteiger charge is -2.08. The molecule has 1 heterocycles. The van der Waals surface area contributed by atoms with Gasteiger partial charge in [-0.15, -0.1) is 0 Å². The third-order valence-corrected chi connectivity index (χ3v) is 2.68. The van der Waals surface area contributed by atoms with Crippen LogP contribution in [-0.4, -0.2) is 11.9 Å². The molecule has 2 rings (SSSR count). The van der Waals surface area contributed by atoms with Gasteiger partial charge >= 0.3 is 0 Å². The highest BCUT2D eigenvalue weighted by molar-refractivity contribution is 5.91. The van der Waals surface area contributed by atoms with Gasteiger partial charge in [0, 0.05) is 12.1 Å². The predicted octanol–water partition coefficient (Wildman–Crippen LogP) is 2.36.